The number of hydrogen-bond acceptors (Lipinski definition) is 2. The molecule has 2 aromatic rings. The smallest absolute Gasteiger partial charge is 0.0890 e. The Hall–Kier alpha value is -1.44. The Balaban J connectivity index is 2.27. The van der Waals surface area contributed by atoms with Gasteiger partial charge in [-0.3, -0.25) is 0 Å². The number of benzene rings is 1. The first-order chi connectivity index (χ1) is 7.25. The molecule has 3 rings (SSSR count). The van der Waals surface area contributed by atoms with E-state index >= 15 is 0 Å². The van der Waals surface area contributed by atoms with Gasteiger partial charge < -0.3 is 0 Å². The molecule has 0 saturated carbocycles. The van der Waals surface area contributed by atoms with Gasteiger partial charge in [0.05, 0.1) is 22.4 Å². The van der Waals surface area contributed by atoms with Crippen molar-refractivity contribution in [1.29, 1.82) is 0 Å². The molecule has 2 heteroatoms. The molecule has 1 heterocycles. The van der Waals surface area contributed by atoms with Gasteiger partial charge in [0.15, 0.2) is 0 Å². The van der Waals surface area contributed by atoms with Gasteiger partial charge in [-0.15, -0.1) is 0 Å². The highest BCUT2D eigenvalue weighted by molar-refractivity contribution is 5.74. The van der Waals surface area contributed by atoms with Gasteiger partial charge in [-0.25, -0.2) is 9.97 Å². The molecule has 2 nitrogen and oxygen atoms in total. The van der Waals surface area contributed by atoms with Crippen molar-refractivity contribution in [3.8, 4) is 0 Å². The van der Waals surface area contributed by atoms with Gasteiger partial charge in [-0.05, 0) is 24.5 Å². The lowest BCUT2D eigenvalue weighted by Crippen LogP contribution is -1.99. The third kappa shape index (κ3) is 1.24. The molecule has 0 amide bonds. The third-order valence-electron chi connectivity index (χ3n) is 3.47. The monoisotopic (exact) mass is 198 g/mol. The van der Waals surface area contributed by atoms with Crippen molar-refractivity contribution in [3.63, 3.8) is 0 Å². The van der Waals surface area contributed by atoms with Gasteiger partial charge >= 0.3 is 0 Å². The second kappa shape index (κ2) is 3.02. The molecule has 1 aromatic heterocycles. The Morgan fingerprint density at radius 2 is 1.73 bits per heavy atom. The van der Waals surface area contributed by atoms with Gasteiger partial charge in [-0.2, -0.15) is 0 Å². The van der Waals surface area contributed by atoms with Crippen LogP contribution in [0, 0.1) is 5.92 Å². The summed E-state index contributed by atoms with van der Waals surface area (Å²) in [7, 11) is 0. The number of nitrogens with zero attached hydrogens (tertiary/aromatic N) is 2. The molecular formula is C13H14N2. The molecular weight excluding hydrogens is 184 g/mol. The fourth-order valence-corrected chi connectivity index (χ4v) is 2.32. The quantitative estimate of drug-likeness (QED) is 0.650. The summed E-state index contributed by atoms with van der Waals surface area (Å²) in [4.78, 5) is 9.42. The zero-order valence-corrected chi connectivity index (χ0v) is 9.07. The highest BCUT2D eigenvalue weighted by Gasteiger charge is 2.28. The van der Waals surface area contributed by atoms with E-state index in [1.54, 1.807) is 0 Å². The minimum absolute atomic E-state index is 0.553. The molecule has 0 radical (unpaired) electrons. The molecule has 0 spiro atoms. The minimum atomic E-state index is 0.553. The lowest BCUT2D eigenvalue weighted by atomic mass is 9.99. The normalized spacial score (nSPS) is 24.4. The van der Waals surface area contributed by atoms with Gasteiger partial charge in [0.1, 0.15) is 0 Å². The zero-order valence-electron chi connectivity index (χ0n) is 9.07. The maximum atomic E-state index is 4.72. The first-order valence-electron chi connectivity index (χ1n) is 5.51. The van der Waals surface area contributed by atoms with Crippen LogP contribution in [0.1, 0.15) is 31.2 Å². The molecule has 0 fully saturated rings. The molecule has 2 unspecified atom stereocenters. The van der Waals surface area contributed by atoms with E-state index < -0.39 is 0 Å². The van der Waals surface area contributed by atoms with Crippen LogP contribution >= 0.6 is 0 Å². The predicted molar refractivity (Wildman–Crippen MR) is 60.8 cm³/mol. The van der Waals surface area contributed by atoms with Crippen LogP contribution in [0.15, 0.2) is 24.3 Å². The van der Waals surface area contributed by atoms with Crippen LogP contribution in [0.2, 0.25) is 0 Å². The molecule has 15 heavy (non-hydrogen) atoms. The van der Waals surface area contributed by atoms with Crippen molar-refractivity contribution in [2.45, 2.75) is 26.2 Å². The summed E-state index contributed by atoms with van der Waals surface area (Å²) in [5.74, 6) is 1.23. The molecule has 1 aromatic carbocycles. The molecule has 0 aliphatic heterocycles. The summed E-state index contributed by atoms with van der Waals surface area (Å²) >= 11 is 0. The standard InChI is InChI=1S/C13H14N2/c1-8-7-12-13(9(8)2)15-11-6-4-3-5-10(11)14-12/h3-6,8-9H,7H2,1-2H3. The summed E-state index contributed by atoms with van der Waals surface area (Å²) in [6.07, 6.45) is 1.08. The highest BCUT2D eigenvalue weighted by atomic mass is 14.8. The first kappa shape index (κ1) is 8.84. The molecule has 0 saturated heterocycles. The average Bonchev–Trinajstić information content (AvgIpc) is 2.52. The van der Waals surface area contributed by atoms with E-state index in [1.165, 1.54) is 11.4 Å². The Kier molecular flexibility index (Phi) is 1.78. The van der Waals surface area contributed by atoms with Crippen molar-refractivity contribution < 1.29 is 0 Å². The Morgan fingerprint density at radius 3 is 2.47 bits per heavy atom. The van der Waals surface area contributed by atoms with Crippen molar-refractivity contribution in [3.05, 3.63) is 35.7 Å². The predicted octanol–water partition coefficient (Wildman–Crippen LogP) is 2.93. The maximum absolute atomic E-state index is 4.72. The number of para-hydroxylation sites is 2. The maximum Gasteiger partial charge on any atom is 0.0890 e. The highest BCUT2D eigenvalue weighted by Crippen LogP contribution is 2.35. The fraction of sp³-hybridized carbons (Fsp3) is 0.385. The van der Waals surface area contributed by atoms with Crippen molar-refractivity contribution in [1.82, 2.24) is 9.97 Å². The molecule has 2 atom stereocenters. The van der Waals surface area contributed by atoms with Crippen LogP contribution in [0.5, 0.6) is 0 Å². The number of hydrogen-bond donors (Lipinski definition) is 0. The lowest BCUT2D eigenvalue weighted by molar-refractivity contribution is 0.525. The molecule has 1 aliphatic rings. The van der Waals surface area contributed by atoms with E-state index in [9.17, 15) is 0 Å². The van der Waals surface area contributed by atoms with Crippen LogP contribution in [0.4, 0.5) is 0 Å². The number of rotatable bonds is 0. The van der Waals surface area contributed by atoms with Gasteiger partial charge in [0.25, 0.3) is 0 Å². The topological polar surface area (TPSA) is 25.8 Å². The SMILES string of the molecule is CC1Cc2nc3ccccc3nc2C1C. The van der Waals surface area contributed by atoms with Crippen LogP contribution < -0.4 is 0 Å². The fourth-order valence-electron chi connectivity index (χ4n) is 2.32. The molecule has 1 aliphatic carbocycles. The number of aromatic nitrogens is 2. The van der Waals surface area contributed by atoms with Crippen molar-refractivity contribution >= 4 is 11.0 Å². The van der Waals surface area contributed by atoms with E-state index in [2.05, 4.69) is 13.8 Å². The van der Waals surface area contributed by atoms with Gasteiger partial charge in [0.2, 0.25) is 0 Å². The second-order valence-electron chi connectivity index (χ2n) is 4.51. The van der Waals surface area contributed by atoms with Crippen LogP contribution in [0.25, 0.3) is 11.0 Å². The Morgan fingerprint density at radius 1 is 1.07 bits per heavy atom. The van der Waals surface area contributed by atoms with Gasteiger partial charge in [0, 0.05) is 5.92 Å². The van der Waals surface area contributed by atoms with Crippen LogP contribution in [-0.2, 0) is 6.42 Å². The van der Waals surface area contributed by atoms with Crippen LogP contribution in [0.3, 0.4) is 0 Å². The summed E-state index contributed by atoms with van der Waals surface area (Å²) in [6.45, 7) is 4.53. The second-order valence-corrected chi connectivity index (χ2v) is 4.51. The van der Waals surface area contributed by atoms with Crippen molar-refractivity contribution in [2.24, 2.45) is 5.92 Å². The average molecular weight is 198 g/mol. The summed E-state index contributed by atoms with van der Waals surface area (Å²) < 4.78 is 0. The summed E-state index contributed by atoms with van der Waals surface area (Å²) in [6, 6.07) is 8.12. The van der Waals surface area contributed by atoms with E-state index in [0.717, 1.165) is 17.5 Å². The Bertz CT molecular complexity index is 519. The largest absolute Gasteiger partial charge is 0.249 e. The zero-order chi connectivity index (χ0) is 10.4. The third-order valence-corrected chi connectivity index (χ3v) is 3.47. The van der Waals surface area contributed by atoms with E-state index in [1.807, 2.05) is 24.3 Å². The first-order valence-corrected chi connectivity index (χ1v) is 5.51. The van der Waals surface area contributed by atoms with E-state index in [0.29, 0.717) is 11.8 Å². The minimum Gasteiger partial charge on any atom is -0.249 e. The number of fused-ring (bicyclic) bond motifs is 2. The van der Waals surface area contributed by atoms with Gasteiger partial charge in [-0.1, -0.05) is 26.0 Å². The molecule has 76 valence electrons. The Labute approximate surface area is 89.4 Å². The van der Waals surface area contributed by atoms with E-state index in [-0.39, 0.29) is 0 Å². The lowest BCUT2D eigenvalue weighted by Gasteiger charge is -2.07. The molecule has 0 N–H and O–H groups in total. The van der Waals surface area contributed by atoms with Crippen LogP contribution in [-0.4, -0.2) is 9.97 Å². The summed E-state index contributed by atoms with van der Waals surface area (Å²) in [5, 5.41) is 0. The van der Waals surface area contributed by atoms with Crippen molar-refractivity contribution in [2.75, 3.05) is 0 Å². The summed E-state index contributed by atoms with van der Waals surface area (Å²) in [5.41, 5.74) is 4.46. The van der Waals surface area contributed by atoms with E-state index in [4.69, 9.17) is 9.97 Å². The molecule has 0 bridgehead atoms.